The van der Waals surface area contributed by atoms with E-state index < -0.39 is 8.07 Å². The highest BCUT2D eigenvalue weighted by Gasteiger charge is 2.32. The van der Waals surface area contributed by atoms with Gasteiger partial charge in [-0.15, -0.1) is 0 Å². The van der Waals surface area contributed by atoms with Crippen molar-refractivity contribution >= 4 is 13.9 Å². The first-order valence-electron chi connectivity index (χ1n) is 7.30. The topological polar surface area (TPSA) is 46.0 Å². The molecule has 0 fully saturated rings. The van der Waals surface area contributed by atoms with E-state index in [0.717, 1.165) is 35.0 Å². The van der Waals surface area contributed by atoms with Crippen molar-refractivity contribution in [3.8, 4) is 11.3 Å². The molecular formula is C16H21N2O2Si+. The molecule has 0 saturated carbocycles. The number of nitrogens with zero attached hydrogens (tertiary/aromatic N) is 1. The number of H-pyrrole nitrogens is 1. The third-order valence-corrected chi connectivity index (χ3v) is 5.43. The Balaban J connectivity index is 1.70. The lowest BCUT2D eigenvalue weighted by molar-refractivity contribution is -0.780. The summed E-state index contributed by atoms with van der Waals surface area (Å²) in [5, 5.41) is 3.26. The minimum atomic E-state index is -1.05. The lowest BCUT2D eigenvalue weighted by atomic mass is 10.1. The summed E-state index contributed by atoms with van der Waals surface area (Å²) in [6.07, 6.45) is 1.85. The third-order valence-electron chi connectivity index (χ3n) is 3.72. The SMILES string of the molecule is C[Si](C)(C)CCOC[n+]1cc2c([nH]1)-c1ccccc1C2=O. The first kappa shape index (κ1) is 14.2. The van der Waals surface area contributed by atoms with Crippen molar-refractivity contribution in [2.45, 2.75) is 32.4 Å². The Labute approximate surface area is 125 Å². The predicted octanol–water partition coefficient (Wildman–Crippen LogP) is 2.83. The molecule has 0 bridgehead atoms. The second kappa shape index (κ2) is 5.24. The fourth-order valence-corrected chi connectivity index (χ4v) is 3.25. The van der Waals surface area contributed by atoms with Crippen molar-refractivity contribution < 1.29 is 14.2 Å². The molecule has 21 heavy (non-hydrogen) atoms. The zero-order chi connectivity index (χ0) is 15.0. The van der Waals surface area contributed by atoms with Crippen molar-refractivity contribution in [2.24, 2.45) is 0 Å². The molecule has 1 heterocycles. The molecule has 0 unspecified atom stereocenters. The highest BCUT2D eigenvalue weighted by atomic mass is 28.3. The minimum absolute atomic E-state index is 0.0951. The van der Waals surface area contributed by atoms with E-state index in [1.54, 1.807) is 0 Å². The fraction of sp³-hybridized carbons (Fsp3) is 0.375. The van der Waals surface area contributed by atoms with Gasteiger partial charge in [-0.3, -0.25) is 4.79 Å². The molecule has 1 aromatic heterocycles. The zero-order valence-electron chi connectivity index (χ0n) is 12.8. The van der Waals surface area contributed by atoms with Crippen LogP contribution in [0.4, 0.5) is 0 Å². The Morgan fingerprint density at radius 2 is 1.86 bits per heavy atom. The lowest BCUT2D eigenvalue weighted by Gasteiger charge is -2.14. The second-order valence-corrected chi connectivity index (χ2v) is 12.3. The van der Waals surface area contributed by atoms with Gasteiger partial charge in [-0.2, -0.15) is 5.10 Å². The van der Waals surface area contributed by atoms with Gasteiger partial charge in [-0.25, -0.2) is 0 Å². The zero-order valence-corrected chi connectivity index (χ0v) is 13.8. The maximum Gasteiger partial charge on any atom is 0.276 e. The monoisotopic (exact) mass is 301 g/mol. The molecule has 0 amide bonds. The van der Waals surface area contributed by atoms with E-state index in [4.69, 9.17) is 4.74 Å². The molecule has 2 aromatic rings. The van der Waals surface area contributed by atoms with Gasteiger partial charge >= 0.3 is 0 Å². The van der Waals surface area contributed by atoms with Gasteiger partial charge in [-0.1, -0.05) is 48.6 Å². The number of aromatic amines is 1. The summed E-state index contributed by atoms with van der Waals surface area (Å²) < 4.78 is 7.56. The van der Waals surface area contributed by atoms with Crippen LogP contribution < -0.4 is 4.68 Å². The molecule has 0 spiro atoms. The van der Waals surface area contributed by atoms with Gasteiger partial charge < -0.3 is 4.74 Å². The average Bonchev–Trinajstić information content (AvgIpc) is 2.95. The summed E-state index contributed by atoms with van der Waals surface area (Å²) in [7, 11) is -1.05. The number of hydrogen-bond donors (Lipinski definition) is 1. The largest absolute Gasteiger partial charge is 0.322 e. The van der Waals surface area contributed by atoms with E-state index in [0.29, 0.717) is 6.73 Å². The molecule has 0 saturated heterocycles. The van der Waals surface area contributed by atoms with Gasteiger partial charge in [0.1, 0.15) is 11.3 Å². The maximum atomic E-state index is 12.3. The summed E-state index contributed by atoms with van der Waals surface area (Å²) in [6, 6.07) is 8.86. The normalized spacial score (nSPS) is 13.4. The first-order valence-corrected chi connectivity index (χ1v) is 11.0. The molecule has 1 aromatic carbocycles. The molecule has 1 N–H and O–H groups in total. The van der Waals surface area contributed by atoms with Gasteiger partial charge in [0.25, 0.3) is 6.73 Å². The number of aromatic nitrogens is 2. The maximum absolute atomic E-state index is 12.3. The Kier molecular flexibility index (Phi) is 3.55. The fourth-order valence-electron chi connectivity index (χ4n) is 2.49. The van der Waals surface area contributed by atoms with Crippen LogP contribution in [0.1, 0.15) is 15.9 Å². The summed E-state index contributed by atoms with van der Waals surface area (Å²) >= 11 is 0. The summed E-state index contributed by atoms with van der Waals surface area (Å²) in [6.45, 7) is 8.25. The molecule has 110 valence electrons. The van der Waals surface area contributed by atoms with Crippen LogP contribution in [0.5, 0.6) is 0 Å². The van der Waals surface area contributed by atoms with Crippen molar-refractivity contribution in [1.29, 1.82) is 0 Å². The third kappa shape index (κ3) is 2.84. The van der Waals surface area contributed by atoms with Crippen molar-refractivity contribution in [2.75, 3.05) is 6.61 Å². The van der Waals surface area contributed by atoms with E-state index >= 15 is 0 Å². The van der Waals surface area contributed by atoms with E-state index in [1.807, 2.05) is 35.1 Å². The lowest BCUT2D eigenvalue weighted by Crippen LogP contribution is -2.37. The van der Waals surface area contributed by atoms with Crippen LogP contribution in [0.25, 0.3) is 11.3 Å². The molecule has 1 aliphatic carbocycles. The number of ether oxygens (including phenoxy) is 1. The van der Waals surface area contributed by atoms with Gasteiger partial charge in [0.2, 0.25) is 12.0 Å². The number of hydrogen-bond acceptors (Lipinski definition) is 2. The molecule has 0 radical (unpaired) electrons. The minimum Gasteiger partial charge on any atom is -0.322 e. The van der Waals surface area contributed by atoms with Crippen LogP contribution in [-0.4, -0.2) is 25.6 Å². The molecule has 1 aliphatic rings. The summed E-state index contributed by atoms with van der Waals surface area (Å²) in [4.78, 5) is 12.3. The summed E-state index contributed by atoms with van der Waals surface area (Å²) in [5.41, 5.74) is 3.42. The van der Waals surface area contributed by atoms with E-state index in [-0.39, 0.29) is 5.78 Å². The van der Waals surface area contributed by atoms with Crippen LogP contribution in [0, 0.1) is 0 Å². The molecule has 3 rings (SSSR count). The number of ketones is 1. The summed E-state index contributed by atoms with van der Waals surface area (Å²) in [5.74, 6) is 0.0951. The van der Waals surface area contributed by atoms with Crippen molar-refractivity contribution in [1.82, 2.24) is 5.10 Å². The van der Waals surface area contributed by atoms with Gasteiger partial charge in [0.05, 0.1) is 6.61 Å². The Morgan fingerprint density at radius 1 is 1.14 bits per heavy atom. The van der Waals surface area contributed by atoms with Crippen LogP contribution in [-0.2, 0) is 11.5 Å². The standard InChI is InChI=1S/C16H20N2O2Si/c1-21(2,3)9-8-20-11-18-10-14-15(17-18)12-6-4-5-7-13(12)16(14)19/h4-7,10H,8-9,11H2,1-3H3/p+1. The molecule has 5 heteroatoms. The number of carbonyl (C=O) groups excluding carboxylic acids is 1. The number of nitrogens with one attached hydrogen (secondary N) is 1. The van der Waals surface area contributed by atoms with Crippen molar-refractivity contribution in [3.05, 3.63) is 41.6 Å². The number of carbonyl (C=O) groups is 1. The second-order valence-electron chi connectivity index (χ2n) is 6.72. The van der Waals surface area contributed by atoms with E-state index in [2.05, 4.69) is 24.7 Å². The highest BCUT2D eigenvalue weighted by Crippen LogP contribution is 2.33. The smallest absolute Gasteiger partial charge is 0.276 e. The number of rotatable bonds is 5. The Bertz CT molecular complexity index is 686. The molecule has 0 aliphatic heterocycles. The first-order chi connectivity index (χ1) is 9.96. The Morgan fingerprint density at radius 3 is 2.57 bits per heavy atom. The van der Waals surface area contributed by atoms with Crippen LogP contribution in [0.2, 0.25) is 25.7 Å². The van der Waals surface area contributed by atoms with Crippen LogP contribution in [0.3, 0.4) is 0 Å². The number of benzene rings is 1. The van der Waals surface area contributed by atoms with E-state index in [1.165, 1.54) is 0 Å². The van der Waals surface area contributed by atoms with Gasteiger partial charge in [0, 0.05) is 19.2 Å². The predicted molar refractivity (Wildman–Crippen MR) is 84.0 cm³/mol. The number of fused-ring (bicyclic) bond motifs is 3. The molecule has 4 nitrogen and oxygen atoms in total. The highest BCUT2D eigenvalue weighted by molar-refractivity contribution is 6.76. The van der Waals surface area contributed by atoms with Crippen molar-refractivity contribution in [3.63, 3.8) is 0 Å². The van der Waals surface area contributed by atoms with Gasteiger partial charge in [-0.05, 0) is 6.04 Å². The van der Waals surface area contributed by atoms with Crippen LogP contribution >= 0.6 is 0 Å². The Hall–Kier alpha value is -1.72. The quantitative estimate of drug-likeness (QED) is 0.447. The van der Waals surface area contributed by atoms with Crippen LogP contribution in [0.15, 0.2) is 30.5 Å². The molecular weight excluding hydrogens is 280 g/mol. The van der Waals surface area contributed by atoms with E-state index in [9.17, 15) is 4.79 Å². The molecule has 0 atom stereocenters. The average molecular weight is 301 g/mol. The van der Waals surface area contributed by atoms with Gasteiger partial charge in [0.15, 0.2) is 0 Å².